The van der Waals surface area contributed by atoms with Gasteiger partial charge in [-0.3, -0.25) is 4.79 Å². The molecule has 2 fully saturated rings. The molecule has 0 bridgehead atoms. The summed E-state index contributed by atoms with van der Waals surface area (Å²) in [5, 5.41) is 4.69. The van der Waals surface area contributed by atoms with Crippen molar-refractivity contribution in [1.82, 2.24) is 14.8 Å². The number of nitrogens with one attached hydrogen (secondary N) is 1. The summed E-state index contributed by atoms with van der Waals surface area (Å²) in [6.07, 6.45) is 5.27. The number of esters is 1. The molecule has 1 atom stereocenters. The molecule has 2 aliphatic rings. The Bertz CT molecular complexity index is 1630. The maximum Gasteiger partial charge on any atom is 0.344 e. The predicted octanol–water partition coefficient (Wildman–Crippen LogP) is 5.26. The second-order valence-electron chi connectivity index (χ2n) is 12.0. The van der Waals surface area contributed by atoms with Crippen LogP contribution in [0.5, 0.6) is 5.75 Å². The van der Waals surface area contributed by atoms with Crippen LogP contribution in [-0.2, 0) is 32.2 Å². The number of methoxy groups -OCH3 is 1. The average molecular weight is 625 g/mol. The second-order valence-corrected chi connectivity index (χ2v) is 12.0. The highest BCUT2D eigenvalue weighted by molar-refractivity contribution is 5.88. The third-order valence-electron chi connectivity index (χ3n) is 8.79. The molecule has 1 unspecified atom stereocenters. The number of carbonyl (C=O) groups excluding carboxylic acids is 2. The highest BCUT2D eigenvalue weighted by Crippen LogP contribution is 2.34. The van der Waals surface area contributed by atoms with E-state index in [-0.39, 0.29) is 30.6 Å². The first-order valence-corrected chi connectivity index (χ1v) is 16.4. The van der Waals surface area contributed by atoms with Gasteiger partial charge in [-0.15, -0.1) is 0 Å². The number of aryl methyl sites for hydroxylation is 1. The number of hydrogen-bond donors (Lipinski definition) is 1. The van der Waals surface area contributed by atoms with Crippen LogP contribution >= 0.6 is 0 Å². The van der Waals surface area contributed by atoms with Crippen molar-refractivity contribution in [3.05, 3.63) is 84.6 Å². The maximum absolute atomic E-state index is 14.4. The zero-order valence-corrected chi connectivity index (χ0v) is 26.8. The van der Waals surface area contributed by atoms with Crippen molar-refractivity contribution >= 4 is 28.5 Å². The molecule has 1 N–H and O–H groups in total. The van der Waals surface area contributed by atoms with Crippen LogP contribution in [0.2, 0.25) is 0 Å². The third-order valence-corrected chi connectivity index (χ3v) is 8.79. The van der Waals surface area contributed by atoms with E-state index in [4.69, 9.17) is 14.2 Å². The number of hydrogen-bond acceptors (Lipinski definition) is 7. The molecule has 1 aromatic heterocycles. The summed E-state index contributed by atoms with van der Waals surface area (Å²) in [7, 11) is 1.74. The van der Waals surface area contributed by atoms with Crippen LogP contribution in [0.4, 0.5) is 5.69 Å². The lowest BCUT2D eigenvalue weighted by atomic mass is 10.0. The minimum absolute atomic E-state index is 0.116. The SMILES string of the molecule is CCOC(=O)COc1ccc(-c2cccc(N3CCNCC3C(=O)N(Cc3cn(CCCOC)c4ccccc34)C3CC3)c2)cc1. The normalized spacial score (nSPS) is 16.4. The van der Waals surface area contributed by atoms with E-state index in [2.05, 4.69) is 74.4 Å². The number of nitrogens with zero attached hydrogens (tertiary/aromatic N) is 3. The van der Waals surface area contributed by atoms with E-state index in [0.717, 1.165) is 62.3 Å². The van der Waals surface area contributed by atoms with Gasteiger partial charge >= 0.3 is 5.97 Å². The fourth-order valence-corrected chi connectivity index (χ4v) is 6.35. The molecule has 4 aromatic rings. The summed E-state index contributed by atoms with van der Waals surface area (Å²) >= 11 is 0. The van der Waals surface area contributed by atoms with Crippen LogP contribution < -0.4 is 15.0 Å². The number of ether oxygens (including phenoxy) is 3. The van der Waals surface area contributed by atoms with Crippen molar-refractivity contribution < 1.29 is 23.8 Å². The Kier molecular flexibility index (Phi) is 10.2. The molecule has 3 aromatic carbocycles. The number of aromatic nitrogens is 1. The summed E-state index contributed by atoms with van der Waals surface area (Å²) < 4.78 is 18.1. The molecule has 9 heteroatoms. The number of carbonyl (C=O) groups is 2. The maximum atomic E-state index is 14.4. The minimum Gasteiger partial charge on any atom is -0.482 e. The lowest BCUT2D eigenvalue weighted by Gasteiger charge is -2.40. The zero-order valence-electron chi connectivity index (χ0n) is 26.8. The first-order valence-electron chi connectivity index (χ1n) is 16.4. The second kappa shape index (κ2) is 14.8. The van der Waals surface area contributed by atoms with Gasteiger partial charge in [0.25, 0.3) is 0 Å². The molecule has 1 saturated heterocycles. The average Bonchev–Trinajstić information content (AvgIpc) is 3.88. The van der Waals surface area contributed by atoms with Crippen molar-refractivity contribution in [3.63, 3.8) is 0 Å². The van der Waals surface area contributed by atoms with Crippen LogP contribution in [-0.4, -0.2) is 80.0 Å². The first-order chi connectivity index (χ1) is 22.6. The van der Waals surface area contributed by atoms with Gasteiger partial charge in [0.15, 0.2) is 6.61 Å². The van der Waals surface area contributed by atoms with Crippen molar-refractivity contribution in [2.24, 2.45) is 0 Å². The predicted molar refractivity (Wildman–Crippen MR) is 180 cm³/mol. The van der Waals surface area contributed by atoms with E-state index in [9.17, 15) is 9.59 Å². The molecule has 242 valence electrons. The zero-order chi connectivity index (χ0) is 31.9. The largest absolute Gasteiger partial charge is 0.482 e. The van der Waals surface area contributed by atoms with Gasteiger partial charge in [-0.1, -0.05) is 42.5 Å². The van der Waals surface area contributed by atoms with Gasteiger partial charge < -0.3 is 33.9 Å². The number of rotatable bonds is 14. The number of benzene rings is 3. The fraction of sp³-hybridized carbons (Fsp3) is 0.405. The Labute approximate surface area is 271 Å². The lowest BCUT2D eigenvalue weighted by molar-refractivity contribution is -0.145. The highest BCUT2D eigenvalue weighted by atomic mass is 16.6. The molecule has 46 heavy (non-hydrogen) atoms. The van der Waals surface area contributed by atoms with Crippen LogP contribution in [0.1, 0.15) is 31.7 Å². The molecule has 1 aliphatic heterocycles. The molecule has 9 nitrogen and oxygen atoms in total. The van der Waals surface area contributed by atoms with Gasteiger partial charge in [0.2, 0.25) is 5.91 Å². The summed E-state index contributed by atoms with van der Waals surface area (Å²) in [5.74, 6) is 0.405. The molecule has 1 saturated carbocycles. The van der Waals surface area contributed by atoms with Crippen LogP contribution in [0.15, 0.2) is 79.0 Å². The molecule has 6 rings (SSSR count). The molecular formula is C37H44N4O5. The number of para-hydroxylation sites is 1. The van der Waals surface area contributed by atoms with Gasteiger partial charge in [0, 0.05) is 75.3 Å². The summed E-state index contributed by atoms with van der Waals surface area (Å²) in [6, 6.07) is 24.6. The third kappa shape index (κ3) is 7.37. The first kappa shape index (κ1) is 31.6. The summed E-state index contributed by atoms with van der Waals surface area (Å²) in [4.78, 5) is 30.5. The topological polar surface area (TPSA) is 85.3 Å². The molecule has 2 heterocycles. The van der Waals surface area contributed by atoms with Gasteiger partial charge in [-0.05, 0) is 73.2 Å². The quantitative estimate of drug-likeness (QED) is 0.151. The van der Waals surface area contributed by atoms with E-state index in [1.165, 1.54) is 16.5 Å². The van der Waals surface area contributed by atoms with E-state index >= 15 is 0 Å². The van der Waals surface area contributed by atoms with Crippen molar-refractivity contribution in [1.29, 1.82) is 0 Å². The standard InChI is InChI=1S/C37H44N4O5/c1-3-45-36(42)26-46-32-16-12-27(13-17-32)28-8-6-9-31(22-28)40-20-18-38-23-35(40)37(43)41(30-14-15-30)25-29-24-39(19-7-21-44-2)34-11-5-4-10-33(29)34/h4-6,8-13,16-17,22,24,30,35,38H,3,7,14-15,18-21,23,25-26H2,1-2H3. The smallest absolute Gasteiger partial charge is 0.344 e. The molecule has 1 aliphatic carbocycles. The number of piperazine rings is 1. The Balaban J connectivity index is 1.20. The number of amides is 1. The minimum atomic E-state index is -0.385. The highest BCUT2D eigenvalue weighted by Gasteiger charge is 2.39. The molecule has 0 radical (unpaired) electrons. The van der Waals surface area contributed by atoms with E-state index in [0.29, 0.717) is 25.4 Å². The van der Waals surface area contributed by atoms with E-state index in [1.54, 1.807) is 14.0 Å². The van der Waals surface area contributed by atoms with Crippen LogP contribution in [0, 0.1) is 0 Å². The molecule has 1 amide bonds. The van der Waals surface area contributed by atoms with E-state index < -0.39 is 0 Å². The number of fused-ring (bicyclic) bond motifs is 1. The summed E-state index contributed by atoms with van der Waals surface area (Å²) in [6.45, 7) is 6.37. The Hall–Kier alpha value is -4.34. The van der Waals surface area contributed by atoms with Gasteiger partial charge in [-0.2, -0.15) is 0 Å². The molecular weight excluding hydrogens is 580 g/mol. The Morgan fingerprint density at radius 3 is 2.61 bits per heavy atom. The summed E-state index contributed by atoms with van der Waals surface area (Å²) in [5.41, 5.74) is 5.52. The monoisotopic (exact) mass is 624 g/mol. The Morgan fingerprint density at radius 1 is 1.00 bits per heavy atom. The van der Waals surface area contributed by atoms with Crippen LogP contribution in [0.25, 0.3) is 22.0 Å². The van der Waals surface area contributed by atoms with Crippen molar-refractivity contribution in [2.75, 3.05) is 51.5 Å². The van der Waals surface area contributed by atoms with Crippen molar-refractivity contribution in [2.45, 2.75) is 51.4 Å². The van der Waals surface area contributed by atoms with Gasteiger partial charge in [0.1, 0.15) is 11.8 Å². The molecule has 0 spiro atoms. The van der Waals surface area contributed by atoms with Crippen LogP contribution in [0.3, 0.4) is 0 Å². The Morgan fingerprint density at radius 2 is 1.83 bits per heavy atom. The van der Waals surface area contributed by atoms with Gasteiger partial charge in [-0.25, -0.2) is 4.79 Å². The lowest BCUT2D eigenvalue weighted by Crippen LogP contribution is -2.59. The number of anilines is 1. The fourth-order valence-electron chi connectivity index (χ4n) is 6.35. The van der Waals surface area contributed by atoms with E-state index in [1.807, 2.05) is 24.3 Å². The van der Waals surface area contributed by atoms with Crippen molar-refractivity contribution in [3.8, 4) is 16.9 Å². The van der Waals surface area contributed by atoms with Gasteiger partial charge in [0.05, 0.1) is 6.61 Å².